The van der Waals surface area contributed by atoms with Crippen LogP contribution in [-0.4, -0.2) is 35.7 Å². The van der Waals surface area contributed by atoms with Crippen molar-refractivity contribution in [3.05, 3.63) is 215 Å². The monoisotopic (exact) mass is 984 g/mol. The number of halogens is 9. The molecule has 0 fully saturated rings. The molecule has 2 aromatic heterocycles. The second-order valence-corrected chi connectivity index (χ2v) is 15.4. The minimum atomic E-state index is -4.82. The van der Waals surface area contributed by atoms with Crippen molar-refractivity contribution in [3.63, 3.8) is 0 Å². The van der Waals surface area contributed by atoms with Crippen molar-refractivity contribution in [1.82, 2.24) is 15.3 Å². The fourth-order valence-electron chi connectivity index (χ4n) is 6.71. The zero-order valence-electron chi connectivity index (χ0n) is 37.4. The molecule has 6 aromatic rings. The van der Waals surface area contributed by atoms with Gasteiger partial charge in [0.1, 0.15) is 28.7 Å². The molecule has 2 unspecified atom stereocenters. The highest BCUT2D eigenvalue weighted by Crippen LogP contribution is 2.39. The van der Waals surface area contributed by atoms with Gasteiger partial charge in [-0.05, 0) is 96.8 Å². The van der Waals surface area contributed by atoms with E-state index in [-0.39, 0.29) is 35.4 Å². The molecule has 0 saturated heterocycles. The van der Waals surface area contributed by atoms with Gasteiger partial charge >= 0.3 is 23.9 Å². The second-order valence-electron chi connectivity index (χ2n) is 15.1. The number of benzene rings is 4. The maximum atomic E-state index is 14.5. The van der Waals surface area contributed by atoms with Gasteiger partial charge in [-0.15, -0.1) is 0 Å². The molecule has 364 valence electrons. The fraction of sp³-hybridized carbons (Fsp3) is 0.200. The van der Waals surface area contributed by atoms with Crippen LogP contribution in [-0.2, 0) is 45.7 Å². The smallest absolute Gasteiger partial charge is 0.416 e. The van der Waals surface area contributed by atoms with E-state index >= 15 is 0 Å². The number of rotatable bonds is 13. The van der Waals surface area contributed by atoms with Crippen LogP contribution in [0.2, 0.25) is 0 Å². The zero-order chi connectivity index (χ0) is 51.2. The normalized spacial score (nSPS) is 12.8. The fourth-order valence-corrected chi connectivity index (χ4v) is 6.84. The van der Waals surface area contributed by atoms with Crippen LogP contribution in [0.1, 0.15) is 58.6 Å². The van der Waals surface area contributed by atoms with Crippen molar-refractivity contribution in [3.8, 4) is 11.5 Å². The summed E-state index contributed by atoms with van der Waals surface area (Å²) in [5.74, 6) is -0.908. The van der Waals surface area contributed by atoms with Crippen LogP contribution in [0.3, 0.4) is 0 Å². The van der Waals surface area contributed by atoms with Gasteiger partial charge in [-0.2, -0.15) is 26.3 Å². The maximum Gasteiger partial charge on any atom is 0.416 e. The van der Waals surface area contributed by atoms with E-state index in [1.54, 1.807) is 73.7 Å². The van der Waals surface area contributed by atoms with Gasteiger partial charge in [0.15, 0.2) is 0 Å². The Bertz CT molecular complexity index is 2680. The average Bonchev–Trinajstić information content (AvgIpc) is 3.28. The van der Waals surface area contributed by atoms with E-state index in [4.69, 9.17) is 31.5 Å². The number of ether oxygens (including phenoxy) is 4. The summed E-state index contributed by atoms with van der Waals surface area (Å²) < 4.78 is 128. The van der Waals surface area contributed by atoms with Crippen LogP contribution in [0.5, 0.6) is 11.5 Å². The summed E-state index contributed by atoms with van der Waals surface area (Å²) in [4.78, 5) is 31.1. The van der Waals surface area contributed by atoms with Gasteiger partial charge < -0.3 is 30.0 Å². The van der Waals surface area contributed by atoms with Crippen LogP contribution in [0.25, 0.3) is 0 Å². The van der Waals surface area contributed by atoms with Crippen LogP contribution in [0.4, 0.5) is 44.7 Å². The van der Waals surface area contributed by atoms with Crippen molar-refractivity contribution in [2.75, 3.05) is 14.2 Å². The van der Waals surface area contributed by atoms with E-state index in [0.717, 1.165) is 29.8 Å². The summed E-state index contributed by atoms with van der Waals surface area (Å²) in [6.07, 6.45) is -7.65. The summed E-state index contributed by atoms with van der Waals surface area (Å²) in [7, 11) is 2.90. The molecule has 0 aliphatic rings. The Labute approximate surface area is 397 Å². The highest BCUT2D eigenvalue weighted by atomic mass is 35.5. The summed E-state index contributed by atoms with van der Waals surface area (Å²) in [6, 6.07) is 28.4. The van der Waals surface area contributed by atoms with Gasteiger partial charge in [0, 0.05) is 24.4 Å². The van der Waals surface area contributed by atoms with E-state index in [2.05, 4.69) is 33.2 Å². The molecule has 0 aliphatic carbocycles. The van der Waals surface area contributed by atoms with Crippen molar-refractivity contribution in [2.45, 2.75) is 50.1 Å². The third-order valence-electron chi connectivity index (χ3n) is 9.77. The van der Waals surface area contributed by atoms with Gasteiger partial charge in [0.25, 0.3) is 0 Å². The highest BCUT2D eigenvalue weighted by Gasteiger charge is 2.42. The zero-order valence-corrected chi connectivity index (χ0v) is 38.1. The third-order valence-corrected chi connectivity index (χ3v) is 9.85. The molecular weight excluding hydrogens is 940 g/mol. The predicted octanol–water partition coefficient (Wildman–Crippen LogP) is 12.6. The molecule has 0 radical (unpaired) electrons. The number of nitrogens with zero attached hydrogens (tertiary/aromatic N) is 2. The first-order valence-electron chi connectivity index (χ1n) is 20.2. The minimum absolute atomic E-state index is 0.0126. The van der Waals surface area contributed by atoms with Gasteiger partial charge in [0.2, 0.25) is 0 Å². The third kappa shape index (κ3) is 15.6. The molecule has 2 heterocycles. The molecule has 6 rings (SSSR count). The number of methoxy groups -OCH3 is 2. The largest absolute Gasteiger partial charge is 0.495 e. The van der Waals surface area contributed by atoms with Crippen LogP contribution >= 0.6 is 11.6 Å². The number of nitrogens with two attached hydrogens (primary N) is 1. The topological polar surface area (TPSA) is 135 Å². The quantitative estimate of drug-likeness (QED) is 0.0659. The molecule has 2 atom stereocenters. The predicted molar refractivity (Wildman–Crippen MR) is 242 cm³/mol. The van der Waals surface area contributed by atoms with Gasteiger partial charge in [-0.1, -0.05) is 73.8 Å². The molecule has 19 heteroatoms. The molecule has 4 aromatic carbocycles. The number of carbonyl (C=O) groups excluding carboxylic acids is 2. The Morgan fingerprint density at radius 1 is 0.609 bits per heavy atom. The number of hydrogen-bond donors (Lipinski definition) is 2. The van der Waals surface area contributed by atoms with Crippen LogP contribution in [0, 0.1) is 11.6 Å². The standard InChI is InChI=1S/C25H22F4N2O3.C21H18F4N2O.C4H5ClO2/c1-16(2)34-23(32)31-24(14-17-7-5-4-6-8-17,22-10-9-21(33-3)15-30-22)18-11-19(25(27,28)29)13-20(26)12-18;1-28-18-7-8-19(27-13-18)20(26,12-14-5-3-2-4-6-14)15-9-16(21(23,24)25)11-17(22)10-15;1-3(2)7-4(5)6/h4-13,15H,1,14H2,2-3H3,(H,31,32);2-11,13H,12,26H2,1H3;1H2,2H3. The van der Waals surface area contributed by atoms with Crippen molar-refractivity contribution >= 4 is 23.1 Å². The Morgan fingerprint density at radius 3 is 1.42 bits per heavy atom. The number of amides is 1. The summed E-state index contributed by atoms with van der Waals surface area (Å²) in [5, 5.41) is 2.63. The lowest BCUT2D eigenvalue weighted by Gasteiger charge is -2.35. The molecule has 3 N–H and O–H groups in total. The lowest BCUT2D eigenvalue weighted by atomic mass is 9.80. The number of aromatic nitrogens is 2. The summed E-state index contributed by atoms with van der Waals surface area (Å²) in [5.41, 5.74) is 1.95. The average molecular weight is 985 g/mol. The van der Waals surface area contributed by atoms with E-state index in [9.17, 15) is 44.7 Å². The number of hydrogen-bond acceptors (Lipinski definition) is 9. The number of carbonyl (C=O) groups is 2. The first kappa shape index (κ1) is 54.3. The van der Waals surface area contributed by atoms with Crippen molar-refractivity contribution < 1.29 is 63.7 Å². The molecular formula is C50H45ClF8N4O6. The molecule has 1 amide bonds. The number of alkyl carbamates (subject to hydrolysis) is 1. The van der Waals surface area contributed by atoms with Gasteiger partial charge in [-0.3, -0.25) is 9.97 Å². The Kier molecular flexibility index (Phi) is 18.6. The Balaban J connectivity index is 0.000000267. The van der Waals surface area contributed by atoms with E-state index in [0.29, 0.717) is 40.6 Å². The number of pyridine rings is 2. The highest BCUT2D eigenvalue weighted by molar-refractivity contribution is 6.61. The molecule has 0 saturated carbocycles. The Hall–Kier alpha value is -7.31. The number of allylic oxidation sites excluding steroid dienone is 2. The van der Waals surface area contributed by atoms with Gasteiger partial charge in [0.05, 0.1) is 66.2 Å². The van der Waals surface area contributed by atoms with Crippen molar-refractivity contribution in [2.24, 2.45) is 5.73 Å². The van der Waals surface area contributed by atoms with Crippen molar-refractivity contribution in [1.29, 1.82) is 0 Å². The van der Waals surface area contributed by atoms with Crippen LogP contribution < -0.4 is 20.5 Å². The van der Waals surface area contributed by atoms with Gasteiger partial charge in [-0.25, -0.2) is 18.4 Å². The molecule has 0 aliphatic heterocycles. The first-order chi connectivity index (χ1) is 32.4. The molecule has 10 nitrogen and oxygen atoms in total. The summed E-state index contributed by atoms with van der Waals surface area (Å²) in [6.45, 7) is 9.76. The maximum absolute atomic E-state index is 14.5. The second kappa shape index (κ2) is 23.6. The molecule has 69 heavy (non-hydrogen) atoms. The Morgan fingerprint density at radius 2 is 1.03 bits per heavy atom. The van der Waals surface area contributed by atoms with E-state index in [1.807, 2.05) is 6.07 Å². The lowest BCUT2D eigenvalue weighted by Crippen LogP contribution is -2.49. The SMILES string of the molecule is C=C(C)OC(=O)Cl.C=C(C)OC(=O)NC(Cc1ccccc1)(c1cc(F)cc(C(F)(F)F)c1)c1ccc(OC)cn1.COc1ccc(C(N)(Cc2ccccc2)c2cc(F)cc(C(F)(F)F)c2)nc1. The van der Waals surface area contributed by atoms with E-state index in [1.165, 1.54) is 45.7 Å². The molecule has 0 bridgehead atoms. The minimum Gasteiger partial charge on any atom is -0.495 e. The molecule has 0 spiro atoms. The first-order valence-corrected chi connectivity index (χ1v) is 20.6. The van der Waals surface area contributed by atoms with E-state index < -0.39 is 57.7 Å². The van der Waals surface area contributed by atoms with Crippen LogP contribution in [0.15, 0.2) is 158 Å². The lowest BCUT2D eigenvalue weighted by molar-refractivity contribution is -0.138. The number of alkyl halides is 6. The number of nitrogens with one attached hydrogen (secondary N) is 1. The summed E-state index contributed by atoms with van der Waals surface area (Å²) >= 11 is 4.75.